The van der Waals surface area contributed by atoms with Crippen LogP contribution < -0.4 is 0 Å². The average Bonchev–Trinajstić information content (AvgIpc) is 3.27. The number of aromatic nitrogens is 6. The summed E-state index contributed by atoms with van der Waals surface area (Å²) in [5, 5.41) is 16.5. The first kappa shape index (κ1) is 16.8. The number of amides is 1. The van der Waals surface area contributed by atoms with Crippen LogP contribution in [0.4, 0.5) is 0 Å². The lowest BCUT2D eigenvalue weighted by molar-refractivity contribution is 0.0495. The molecule has 1 saturated heterocycles. The van der Waals surface area contributed by atoms with E-state index in [9.17, 15) is 4.79 Å². The molecule has 4 rings (SSSR count). The summed E-state index contributed by atoms with van der Waals surface area (Å²) < 4.78 is 1.83. The van der Waals surface area contributed by atoms with Gasteiger partial charge in [-0.05, 0) is 17.9 Å². The fraction of sp³-hybridized carbons (Fsp3) is 0.353. The fourth-order valence-corrected chi connectivity index (χ4v) is 3.71. The SMILES string of the molecule is CCSc1ccccc1C(=O)N1CC(n2cc(Cn3nccn3)nn2)C1. The van der Waals surface area contributed by atoms with E-state index in [0.717, 1.165) is 21.9 Å². The second kappa shape index (κ2) is 7.28. The van der Waals surface area contributed by atoms with E-state index in [-0.39, 0.29) is 11.9 Å². The van der Waals surface area contributed by atoms with Gasteiger partial charge in [-0.1, -0.05) is 24.3 Å². The van der Waals surface area contributed by atoms with Gasteiger partial charge in [-0.15, -0.1) is 16.9 Å². The molecule has 1 aliphatic rings. The van der Waals surface area contributed by atoms with Crippen molar-refractivity contribution in [1.82, 2.24) is 34.9 Å². The molecule has 3 aromatic rings. The Hall–Kier alpha value is -2.68. The highest BCUT2D eigenvalue weighted by atomic mass is 32.2. The van der Waals surface area contributed by atoms with Gasteiger partial charge in [0.05, 0.1) is 30.2 Å². The monoisotopic (exact) mass is 369 g/mol. The predicted molar refractivity (Wildman–Crippen MR) is 96.9 cm³/mol. The lowest BCUT2D eigenvalue weighted by Crippen LogP contribution is -2.51. The van der Waals surface area contributed by atoms with Gasteiger partial charge in [0.25, 0.3) is 5.91 Å². The third-order valence-electron chi connectivity index (χ3n) is 4.27. The molecule has 1 amide bonds. The number of carbonyl (C=O) groups excluding carboxylic acids is 1. The Morgan fingerprint density at radius 2 is 2.00 bits per heavy atom. The minimum absolute atomic E-state index is 0.0823. The van der Waals surface area contributed by atoms with Gasteiger partial charge in [-0.3, -0.25) is 4.79 Å². The molecule has 2 aromatic heterocycles. The van der Waals surface area contributed by atoms with Crippen molar-refractivity contribution >= 4 is 17.7 Å². The van der Waals surface area contributed by atoms with Crippen LogP contribution in [0.15, 0.2) is 47.8 Å². The van der Waals surface area contributed by atoms with E-state index in [1.807, 2.05) is 40.0 Å². The van der Waals surface area contributed by atoms with Gasteiger partial charge in [0.1, 0.15) is 12.2 Å². The third-order valence-corrected chi connectivity index (χ3v) is 5.22. The quantitative estimate of drug-likeness (QED) is 0.616. The molecule has 0 N–H and O–H groups in total. The van der Waals surface area contributed by atoms with Crippen molar-refractivity contribution in [1.29, 1.82) is 0 Å². The minimum atomic E-state index is 0.0823. The van der Waals surface area contributed by atoms with Crippen molar-refractivity contribution in [2.45, 2.75) is 24.4 Å². The number of benzene rings is 1. The first-order chi connectivity index (χ1) is 12.7. The average molecular weight is 369 g/mol. The topological polar surface area (TPSA) is 81.7 Å². The zero-order valence-corrected chi connectivity index (χ0v) is 15.2. The zero-order chi connectivity index (χ0) is 17.9. The Balaban J connectivity index is 1.38. The number of rotatable bonds is 6. The van der Waals surface area contributed by atoms with Crippen LogP contribution in [0.3, 0.4) is 0 Å². The van der Waals surface area contributed by atoms with E-state index in [2.05, 4.69) is 27.4 Å². The maximum atomic E-state index is 12.8. The van der Waals surface area contributed by atoms with Gasteiger partial charge in [0.15, 0.2) is 0 Å². The van der Waals surface area contributed by atoms with Crippen LogP contribution in [-0.4, -0.2) is 59.6 Å². The van der Waals surface area contributed by atoms with Gasteiger partial charge < -0.3 is 4.90 Å². The Bertz CT molecular complexity index is 886. The summed E-state index contributed by atoms with van der Waals surface area (Å²) in [6.07, 6.45) is 5.17. The highest BCUT2D eigenvalue weighted by Crippen LogP contribution is 2.27. The maximum absolute atomic E-state index is 12.8. The van der Waals surface area contributed by atoms with Crippen LogP contribution in [0, 0.1) is 0 Å². The zero-order valence-electron chi connectivity index (χ0n) is 14.4. The van der Waals surface area contributed by atoms with Crippen molar-refractivity contribution < 1.29 is 4.79 Å². The number of likely N-dealkylation sites (tertiary alicyclic amines) is 1. The number of nitrogens with zero attached hydrogens (tertiary/aromatic N) is 7. The summed E-state index contributed by atoms with van der Waals surface area (Å²) in [5.74, 6) is 1.03. The van der Waals surface area contributed by atoms with Crippen LogP contribution in [0.5, 0.6) is 0 Å². The van der Waals surface area contributed by atoms with E-state index < -0.39 is 0 Å². The lowest BCUT2D eigenvalue weighted by atomic mass is 10.1. The molecular weight excluding hydrogens is 350 g/mol. The van der Waals surface area contributed by atoms with Gasteiger partial charge in [-0.2, -0.15) is 15.0 Å². The summed E-state index contributed by atoms with van der Waals surface area (Å²) in [4.78, 5) is 17.2. The fourth-order valence-electron chi connectivity index (χ4n) is 2.92. The molecule has 1 aromatic carbocycles. The molecule has 0 saturated carbocycles. The van der Waals surface area contributed by atoms with Crippen LogP contribution in [0.1, 0.15) is 29.0 Å². The molecule has 0 aliphatic carbocycles. The summed E-state index contributed by atoms with van der Waals surface area (Å²) in [6.45, 7) is 3.87. The smallest absolute Gasteiger partial charge is 0.255 e. The first-order valence-corrected chi connectivity index (χ1v) is 9.49. The summed E-state index contributed by atoms with van der Waals surface area (Å²) in [5.41, 5.74) is 1.58. The Morgan fingerprint density at radius 1 is 1.23 bits per heavy atom. The third kappa shape index (κ3) is 3.34. The molecular formula is C17H19N7OS. The molecule has 1 aliphatic heterocycles. The molecule has 134 valence electrons. The molecule has 0 unspecified atom stereocenters. The van der Waals surface area contributed by atoms with Gasteiger partial charge in [0, 0.05) is 18.0 Å². The molecule has 0 spiro atoms. The number of thioether (sulfide) groups is 1. The largest absolute Gasteiger partial charge is 0.334 e. The molecule has 0 bridgehead atoms. The lowest BCUT2D eigenvalue weighted by Gasteiger charge is -2.39. The van der Waals surface area contributed by atoms with Crippen LogP contribution in [0.2, 0.25) is 0 Å². The van der Waals surface area contributed by atoms with E-state index in [1.165, 1.54) is 0 Å². The van der Waals surface area contributed by atoms with E-state index in [4.69, 9.17) is 0 Å². The van der Waals surface area contributed by atoms with Crippen molar-refractivity contribution in [3.63, 3.8) is 0 Å². The molecule has 8 nitrogen and oxygen atoms in total. The molecule has 0 atom stereocenters. The van der Waals surface area contributed by atoms with Crippen LogP contribution in [0.25, 0.3) is 0 Å². The Morgan fingerprint density at radius 3 is 2.77 bits per heavy atom. The van der Waals surface area contributed by atoms with Crippen LogP contribution >= 0.6 is 11.8 Å². The van der Waals surface area contributed by atoms with Crippen molar-refractivity contribution in [3.05, 3.63) is 54.1 Å². The van der Waals surface area contributed by atoms with E-state index in [0.29, 0.717) is 19.6 Å². The molecule has 0 radical (unpaired) electrons. The second-order valence-electron chi connectivity index (χ2n) is 6.04. The summed E-state index contributed by atoms with van der Waals surface area (Å²) >= 11 is 1.70. The van der Waals surface area contributed by atoms with Gasteiger partial charge >= 0.3 is 0 Å². The standard InChI is InChI=1S/C17H19N7OS/c1-2-26-16-6-4-3-5-15(16)17(25)22-11-14(12-22)23-9-13(20-21-23)10-24-18-7-8-19-24/h3-9,14H,2,10-12H2,1H3. The number of hydrogen-bond donors (Lipinski definition) is 0. The van der Waals surface area contributed by atoms with E-state index >= 15 is 0 Å². The number of hydrogen-bond acceptors (Lipinski definition) is 6. The van der Waals surface area contributed by atoms with Crippen molar-refractivity contribution in [2.24, 2.45) is 0 Å². The minimum Gasteiger partial charge on any atom is -0.334 e. The van der Waals surface area contributed by atoms with Crippen molar-refractivity contribution in [3.8, 4) is 0 Å². The Labute approximate surface area is 155 Å². The number of carbonyl (C=O) groups is 1. The maximum Gasteiger partial charge on any atom is 0.255 e. The molecule has 3 heterocycles. The predicted octanol–water partition coefficient (Wildman–Crippen LogP) is 1.73. The van der Waals surface area contributed by atoms with Gasteiger partial charge in [-0.25, -0.2) is 4.68 Å². The highest BCUT2D eigenvalue weighted by Gasteiger charge is 2.34. The first-order valence-electron chi connectivity index (χ1n) is 8.50. The Kier molecular flexibility index (Phi) is 4.70. The normalized spacial score (nSPS) is 14.4. The molecule has 26 heavy (non-hydrogen) atoms. The molecule has 1 fully saturated rings. The molecule has 9 heteroatoms. The van der Waals surface area contributed by atoms with Crippen LogP contribution in [-0.2, 0) is 6.54 Å². The second-order valence-corrected chi connectivity index (χ2v) is 7.35. The van der Waals surface area contributed by atoms with E-state index in [1.54, 1.807) is 29.0 Å². The summed E-state index contributed by atoms with van der Waals surface area (Å²) in [7, 11) is 0. The summed E-state index contributed by atoms with van der Waals surface area (Å²) in [6, 6.07) is 7.96. The van der Waals surface area contributed by atoms with Crippen molar-refractivity contribution in [2.75, 3.05) is 18.8 Å². The highest BCUT2D eigenvalue weighted by molar-refractivity contribution is 7.99. The van der Waals surface area contributed by atoms with Gasteiger partial charge in [0.2, 0.25) is 0 Å².